The van der Waals surface area contributed by atoms with Gasteiger partial charge >= 0.3 is 0 Å². The van der Waals surface area contributed by atoms with Crippen molar-refractivity contribution in [3.8, 4) is 11.3 Å². The average molecular weight is 520 g/mol. The predicted octanol–water partition coefficient (Wildman–Crippen LogP) is 4.89. The minimum atomic E-state index is -0.389. The van der Waals surface area contributed by atoms with Crippen LogP contribution in [-0.4, -0.2) is 41.6 Å². The number of rotatable bonds is 5. The van der Waals surface area contributed by atoms with E-state index in [2.05, 4.69) is 36.3 Å². The van der Waals surface area contributed by atoms with E-state index in [1.165, 1.54) is 19.3 Å². The second-order valence-electron chi connectivity index (χ2n) is 8.78. The molecule has 1 atom stereocenters. The Morgan fingerprint density at radius 3 is 2.47 bits per heavy atom. The summed E-state index contributed by atoms with van der Waals surface area (Å²) in [6.07, 6.45) is 3.89. The number of nitrogens with zero attached hydrogens (tertiary/aromatic N) is 4. The summed E-state index contributed by atoms with van der Waals surface area (Å²) in [5, 5.41) is 11.8. The van der Waals surface area contributed by atoms with Crippen molar-refractivity contribution in [3.63, 3.8) is 0 Å². The van der Waals surface area contributed by atoms with Gasteiger partial charge in [0.1, 0.15) is 0 Å². The molecule has 3 heterocycles. The molecule has 2 fully saturated rings. The lowest BCUT2D eigenvalue weighted by molar-refractivity contribution is -0.122. The Morgan fingerprint density at radius 2 is 1.76 bits per heavy atom. The first-order valence-electron chi connectivity index (χ1n) is 11.6. The minimum Gasteiger partial charge on any atom is -0.355 e. The van der Waals surface area contributed by atoms with Crippen LogP contribution in [0.15, 0.2) is 65.1 Å². The minimum absolute atomic E-state index is 0.0415. The van der Waals surface area contributed by atoms with E-state index in [4.69, 9.17) is 0 Å². The van der Waals surface area contributed by atoms with Gasteiger partial charge in [0.25, 0.3) is 0 Å². The van der Waals surface area contributed by atoms with E-state index >= 15 is 0 Å². The first-order valence-corrected chi connectivity index (χ1v) is 12.4. The molecule has 2 aliphatic heterocycles. The summed E-state index contributed by atoms with van der Waals surface area (Å²) >= 11 is 3.43. The molecule has 0 radical (unpaired) electrons. The number of carbonyl (C=O) groups is 2. The molecule has 2 amide bonds. The Morgan fingerprint density at radius 1 is 0.971 bits per heavy atom. The van der Waals surface area contributed by atoms with Crippen molar-refractivity contribution in [1.82, 2.24) is 10.2 Å². The standard InChI is InChI=1S/C26H26BrN5O2/c27-20-5-4-6-22(16-20)32-17-19(15-25(32)33)26(34)28-21-9-7-18(8-10-21)23-11-12-24(30-29-23)31-13-2-1-3-14-31/h4-12,16,19H,1-3,13-15,17H2,(H,28,34). The number of benzene rings is 2. The van der Waals surface area contributed by atoms with Crippen molar-refractivity contribution >= 4 is 44.9 Å². The third-order valence-electron chi connectivity index (χ3n) is 6.39. The number of anilines is 3. The van der Waals surface area contributed by atoms with E-state index in [0.717, 1.165) is 40.3 Å². The summed E-state index contributed by atoms with van der Waals surface area (Å²) in [5.41, 5.74) is 3.23. The number of carbonyl (C=O) groups excluding carboxylic acids is 2. The monoisotopic (exact) mass is 519 g/mol. The smallest absolute Gasteiger partial charge is 0.229 e. The molecular weight excluding hydrogens is 494 g/mol. The van der Waals surface area contributed by atoms with Gasteiger partial charge < -0.3 is 15.1 Å². The van der Waals surface area contributed by atoms with Crippen molar-refractivity contribution in [3.05, 3.63) is 65.1 Å². The maximum absolute atomic E-state index is 12.8. The molecule has 174 valence electrons. The Labute approximate surface area is 207 Å². The SMILES string of the molecule is O=C(Nc1ccc(-c2ccc(N3CCCCC3)nn2)cc1)C1CC(=O)N(c2cccc(Br)c2)C1. The molecule has 3 aromatic rings. The maximum Gasteiger partial charge on any atom is 0.229 e. The van der Waals surface area contributed by atoms with Gasteiger partial charge in [0.2, 0.25) is 11.8 Å². The Bertz CT molecular complexity index is 1180. The normalized spacial score (nSPS) is 18.3. The van der Waals surface area contributed by atoms with E-state index in [-0.39, 0.29) is 24.2 Å². The zero-order chi connectivity index (χ0) is 23.5. The Kier molecular flexibility index (Phi) is 6.58. The molecule has 7 nitrogen and oxygen atoms in total. The molecule has 2 aliphatic rings. The summed E-state index contributed by atoms with van der Waals surface area (Å²) in [4.78, 5) is 29.3. The van der Waals surface area contributed by atoms with Crippen molar-refractivity contribution < 1.29 is 9.59 Å². The number of aromatic nitrogens is 2. The van der Waals surface area contributed by atoms with Crippen LogP contribution in [0.5, 0.6) is 0 Å². The molecule has 1 unspecified atom stereocenters. The van der Waals surface area contributed by atoms with Crippen LogP contribution < -0.4 is 15.1 Å². The Balaban J connectivity index is 1.20. The van der Waals surface area contributed by atoms with Crippen molar-refractivity contribution in [1.29, 1.82) is 0 Å². The fraction of sp³-hybridized carbons (Fsp3) is 0.308. The summed E-state index contributed by atoms with van der Waals surface area (Å²) < 4.78 is 0.900. The van der Waals surface area contributed by atoms with Crippen LogP contribution in [0.1, 0.15) is 25.7 Å². The molecular formula is C26H26BrN5O2. The van der Waals surface area contributed by atoms with Crippen LogP contribution in [0.3, 0.4) is 0 Å². The molecule has 2 saturated heterocycles. The molecule has 5 rings (SSSR count). The number of piperidine rings is 1. The van der Waals surface area contributed by atoms with Crippen LogP contribution in [-0.2, 0) is 9.59 Å². The highest BCUT2D eigenvalue weighted by Crippen LogP contribution is 2.28. The molecule has 1 aromatic heterocycles. The zero-order valence-corrected chi connectivity index (χ0v) is 20.4. The van der Waals surface area contributed by atoms with Gasteiger partial charge in [-0.2, -0.15) is 0 Å². The highest BCUT2D eigenvalue weighted by molar-refractivity contribution is 9.10. The molecule has 0 spiro atoms. The van der Waals surface area contributed by atoms with Gasteiger partial charge in [0, 0.05) is 47.5 Å². The quantitative estimate of drug-likeness (QED) is 0.519. The van der Waals surface area contributed by atoms with Crippen LogP contribution in [0.4, 0.5) is 17.2 Å². The summed E-state index contributed by atoms with van der Waals surface area (Å²) in [6.45, 7) is 2.45. The number of hydrogen-bond donors (Lipinski definition) is 1. The molecule has 2 aromatic carbocycles. The average Bonchev–Trinajstić information content (AvgIpc) is 3.27. The fourth-order valence-electron chi connectivity index (χ4n) is 4.52. The number of nitrogens with one attached hydrogen (secondary N) is 1. The van der Waals surface area contributed by atoms with E-state index in [1.54, 1.807) is 4.90 Å². The molecule has 8 heteroatoms. The van der Waals surface area contributed by atoms with Crippen LogP contribution in [0.25, 0.3) is 11.3 Å². The lowest BCUT2D eigenvalue weighted by atomic mass is 10.1. The fourth-order valence-corrected chi connectivity index (χ4v) is 4.90. The highest BCUT2D eigenvalue weighted by atomic mass is 79.9. The second-order valence-corrected chi connectivity index (χ2v) is 9.69. The van der Waals surface area contributed by atoms with Crippen molar-refractivity contribution in [2.75, 3.05) is 34.8 Å². The third-order valence-corrected chi connectivity index (χ3v) is 6.89. The van der Waals surface area contributed by atoms with Crippen LogP contribution >= 0.6 is 15.9 Å². The lowest BCUT2D eigenvalue weighted by Crippen LogP contribution is -2.30. The van der Waals surface area contributed by atoms with E-state index in [0.29, 0.717) is 12.2 Å². The summed E-state index contributed by atoms with van der Waals surface area (Å²) in [6, 6.07) is 19.1. The maximum atomic E-state index is 12.8. The molecule has 0 bridgehead atoms. The van der Waals surface area contributed by atoms with Gasteiger partial charge in [-0.15, -0.1) is 10.2 Å². The second kappa shape index (κ2) is 9.93. The largest absolute Gasteiger partial charge is 0.355 e. The first kappa shape index (κ1) is 22.5. The van der Waals surface area contributed by atoms with Gasteiger partial charge in [-0.1, -0.05) is 34.1 Å². The number of halogens is 1. The zero-order valence-electron chi connectivity index (χ0n) is 18.8. The predicted molar refractivity (Wildman–Crippen MR) is 137 cm³/mol. The topological polar surface area (TPSA) is 78.4 Å². The van der Waals surface area contributed by atoms with Crippen LogP contribution in [0.2, 0.25) is 0 Å². The van der Waals surface area contributed by atoms with Gasteiger partial charge in [-0.05, 0) is 61.7 Å². The van der Waals surface area contributed by atoms with Gasteiger partial charge in [0.15, 0.2) is 5.82 Å². The van der Waals surface area contributed by atoms with Crippen molar-refractivity contribution in [2.24, 2.45) is 5.92 Å². The van der Waals surface area contributed by atoms with Gasteiger partial charge in [-0.25, -0.2) is 0 Å². The van der Waals surface area contributed by atoms with Gasteiger partial charge in [-0.3, -0.25) is 9.59 Å². The molecule has 0 saturated carbocycles. The molecule has 0 aliphatic carbocycles. The summed E-state index contributed by atoms with van der Waals surface area (Å²) in [7, 11) is 0. The van der Waals surface area contributed by atoms with E-state index < -0.39 is 0 Å². The Hall–Kier alpha value is -3.26. The molecule has 1 N–H and O–H groups in total. The molecule has 34 heavy (non-hydrogen) atoms. The van der Waals surface area contributed by atoms with E-state index in [1.807, 2.05) is 60.7 Å². The first-order chi connectivity index (χ1) is 16.6. The van der Waals surface area contributed by atoms with Crippen LogP contribution in [0, 0.1) is 5.92 Å². The number of hydrogen-bond acceptors (Lipinski definition) is 5. The van der Waals surface area contributed by atoms with Gasteiger partial charge in [0.05, 0.1) is 11.6 Å². The summed E-state index contributed by atoms with van der Waals surface area (Å²) in [5.74, 6) is 0.346. The lowest BCUT2D eigenvalue weighted by Gasteiger charge is -2.27. The highest BCUT2D eigenvalue weighted by Gasteiger charge is 2.35. The van der Waals surface area contributed by atoms with Crippen molar-refractivity contribution in [2.45, 2.75) is 25.7 Å². The third kappa shape index (κ3) is 4.97. The number of amides is 2. The van der Waals surface area contributed by atoms with E-state index in [9.17, 15) is 9.59 Å².